The van der Waals surface area contributed by atoms with Gasteiger partial charge in [0, 0.05) is 6.07 Å². The Bertz CT molecular complexity index is 723. The van der Waals surface area contributed by atoms with Gasteiger partial charge in [-0.3, -0.25) is 0 Å². The highest BCUT2D eigenvalue weighted by molar-refractivity contribution is 5.93. The van der Waals surface area contributed by atoms with E-state index < -0.39 is 11.9 Å². The van der Waals surface area contributed by atoms with Gasteiger partial charge in [-0.15, -0.1) is 0 Å². The molecule has 0 saturated carbocycles. The molecule has 0 heterocycles. The van der Waals surface area contributed by atoms with E-state index in [4.69, 9.17) is 18.9 Å². The zero-order valence-corrected chi connectivity index (χ0v) is 13.0. The van der Waals surface area contributed by atoms with Crippen LogP contribution in [0.1, 0.15) is 20.7 Å². The minimum absolute atomic E-state index is 0.275. The number of rotatable bonds is 5. The lowest BCUT2D eigenvalue weighted by atomic mass is 10.2. The monoisotopic (exact) mass is 316 g/mol. The number of carbonyl (C=O) groups is 2. The third-order valence-electron chi connectivity index (χ3n) is 3.06. The summed E-state index contributed by atoms with van der Waals surface area (Å²) in [6, 6.07) is 11.3. The van der Waals surface area contributed by atoms with Crippen LogP contribution in [0.4, 0.5) is 0 Å². The van der Waals surface area contributed by atoms with Crippen LogP contribution in [0.5, 0.6) is 17.2 Å². The molecule has 2 aromatic carbocycles. The summed E-state index contributed by atoms with van der Waals surface area (Å²) < 4.78 is 20.3. The zero-order chi connectivity index (χ0) is 16.8. The maximum atomic E-state index is 11.8. The van der Waals surface area contributed by atoms with Crippen LogP contribution in [0.3, 0.4) is 0 Å². The lowest BCUT2D eigenvalue weighted by Crippen LogP contribution is -2.04. The Hall–Kier alpha value is -3.02. The van der Waals surface area contributed by atoms with Crippen molar-refractivity contribution in [3.63, 3.8) is 0 Å². The smallest absolute Gasteiger partial charge is 0.341 e. The minimum atomic E-state index is -0.519. The summed E-state index contributed by atoms with van der Waals surface area (Å²) in [6.45, 7) is 0. The van der Waals surface area contributed by atoms with E-state index >= 15 is 0 Å². The number of hydrogen-bond acceptors (Lipinski definition) is 6. The number of benzene rings is 2. The van der Waals surface area contributed by atoms with Crippen LogP contribution >= 0.6 is 0 Å². The van der Waals surface area contributed by atoms with E-state index in [1.54, 1.807) is 30.3 Å². The van der Waals surface area contributed by atoms with Crippen LogP contribution in [0.15, 0.2) is 42.5 Å². The number of methoxy groups -OCH3 is 3. The van der Waals surface area contributed by atoms with Crippen molar-refractivity contribution >= 4 is 11.9 Å². The molecule has 0 aliphatic carbocycles. The fourth-order valence-electron chi connectivity index (χ4n) is 1.95. The molecule has 6 nitrogen and oxygen atoms in total. The SMILES string of the molecule is COC(=O)c1cc(OC)cc(Oc2ccccc2C(=O)OC)c1. The number of carbonyl (C=O) groups excluding carboxylic acids is 2. The predicted octanol–water partition coefficient (Wildman–Crippen LogP) is 3.06. The normalized spacial score (nSPS) is 9.87. The topological polar surface area (TPSA) is 71.1 Å². The highest BCUT2D eigenvalue weighted by Gasteiger charge is 2.15. The average molecular weight is 316 g/mol. The van der Waals surface area contributed by atoms with Crippen molar-refractivity contribution in [1.82, 2.24) is 0 Å². The van der Waals surface area contributed by atoms with Gasteiger partial charge in [0.2, 0.25) is 0 Å². The molecular formula is C17H16O6. The second-order valence-electron chi connectivity index (χ2n) is 4.48. The quantitative estimate of drug-likeness (QED) is 0.790. The first-order valence-electron chi connectivity index (χ1n) is 6.71. The Morgan fingerprint density at radius 2 is 1.48 bits per heavy atom. The van der Waals surface area contributed by atoms with E-state index in [-0.39, 0.29) is 11.1 Å². The van der Waals surface area contributed by atoms with Crippen LogP contribution in [0.2, 0.25) is 0 Å². The molecule has 0 fully saturated rings. The molecule has 120 valence electrons. The van der Waals surface area contributed by atoms with Crippen molar-refractivity contribution in [2.45, 2.75) is 0 Å². The molecule has 2 aromatic rings. The maximum Gasteiger partial charge on any atom is 0.341 e. The second kappa shape index (κ2) is 7.31. The van der Waals surface area contributed by atoms with Gasteiger partial charge in [-0.25, -0.2) is 9.59 Å². The molecule has 0 radical (unpaired) electrons. The molecule has 0 aromatic heterocycles. The third kappa shape index (κ3) is 3.79. The summed E-state index contributed by atoms with van der Waals surface area (Å²) in [4.78, 5) is 23.5. The van der Waals surface area contributed by atoms with Gasteiger partial charge in [0.1, 0.15) is 22.8 Å². The van der Waals surface area contributed by atoms with E-state index in [0.717, 1.165) is 0 Å². The number of hydrogen-bond donors (Lipinski definition) is 0. The van der Waals surface area contributed by atoms with Crippen molar-refractivity contribution in [3.05, 3.63) is 53.6 Å². The largest absolute Gasteiger partial charge is 0.497 e. The van der Waals surface area contributed by atoms with E-state index in [0.29, 0.717) is 17.2 Å². The molecule has 0 saturated heterocycles. The zero-order valence-electron chi connectivity index (χ0n) is 13.0. The van der Waals surface area contributed by atoms with Gasteiger partial charge in [0.05, 0.1) is 26.9 Å². The van der Waals surface area contributed by atoms with Gasteiger partial charge in [-0.2, -0.15) is 0 Å². The second-order valence-corrected chi connectivity index (χ2v) is 4.48. The van der Waals surface area contributed by atoms with Crippen LogP contribution in [0, 0.1) is 0 Å². The van der Waals surface area contributed by atoms with Gasteiger partial charge in [-0.1, -0.05) is 12.1 Å². The Labute approximate surface area is 133 Å². The first kappa shape index (κ1) is 16.4. The Morgan fingerprint density at radius 3 is 2.13 bits per heavy atom. The van der Waals surface area contributed by atoms with Crippen molar-refractivity contribution in [2.24, 2.45) is 0 Å². The van der Waals surface area contributed by atoms with Crippen molar-refractivity contribution < 1.29 is 28.5 Å². The highest BCUT2D eigenvalue weighted by atomic mass is 16.5. The summed E-state index contributed by atoms with van der Waals surface area (Å²) in [6.07, 6.45) is 0. The number of para-hydroxylation sites is 1. The summed E-state index contributed by atoms with van der Waals surface area (Å²) in [5.41, 5.74) is 0.551. The van der Waals surface area contributed by atoms with Gasteiger partial charge in [-0.05, 0) is 24.3 Å². The third-order valence-corrected chi connectivity index (χ3v) is 3.06. The van der Waals surface area contributed by atoms with E-state index in [1.165, 1.54) is 33.5 Å². The van der Waals surface area contributed by atoms with Crippen LogP contribution in [-0.2, 0) is 9.47 Å². The summed E-state index contributed by atoms with van der Waals surface area (Å²) in [5.74, 6) is 0.0367. The Kier molecular flexibility index (Phi) is 5.19. The lowest BCUT2D eigenvalue weighted by Gasteiger charge is -2.12. The summed E-state index contributed by atoms with van der Waals surface area (Å²) >= 11 is 0. The lowest BCUT2D eigenvalue weighted by molar-refractivity contribution is 0.0588. The maximum absolute atomic E-state index is 11.8. The summed E-state index contributed by atoms with van der Waals surface area (Å²) in [5, 5.41) is 0. The molecular weight excluding hydrogens is 300 g/mol. The number of esters is 2. The van der Waals surface area contributed by atoms with Gasteiger partial charge in [0.25, 0.3) is 0 Å². The molecule has 0 spiro atoms. The van der Waals surface area contributed by atoms with Crippen molar-refractivity contribution in [1.29, 1.82) is 0 Å². The van der Waals surface area contributed by atoms with Crippen LogP contribution < -0.4 is 9.47 Å². The van der Waals surface area contributed by atoms with Gasteiger partial charge < -0.3 is 18.9 Å². The van der Waals surface area contributed by atoms with Gasteiger partial charge in [0.15, 0.2) is 0 Å². The predicted molar refractivity (Wildman–Crippen MR) is 82.2 cm³/mol. The minimum Gasteiger partial charge on any atom is -0.497 e. The fourth-order valence-corrected chi connectivity index (χ4v) is 1.95. The molecule has 0 unspecified atom stereocenters. The van der Waals surface area contributed by atoms with Crippen LogP contribution in [-0.4, -0.2) is 33.3 Å². The Morgan fingerprint density at radius 1 is 0.826 bits per heavy atom. The molecule has 6 heteroatoms. The fraction of sp³-hybridized carbons (Fsp3) is 0.176. The average Bonchev–Trinajstić information content (AvgIpc) is 2.60. The van der Waals surface area contributed by atoms with E-state index in [2.05, 4.69) is 0 Å². The van der Waals surface area contributed by atoms with Gasteiger partial charge >= 0.3 is 11.9 Å². The molecule has 0 N–H and O–H groups in total. The molecule has 0 bridgehead atoms. The molecule has 0 amide bonds. The Balaban J connectivity index is 2.40. The molecule has 0 aliphatic heterocycles. The van der Waals surface area contributed by atoms with Crippen molar-refractivity contribution in [2.75, 3.05) is 21.3 Å². The first-order valence-corrected chi connectivity index (χ1v) is 6.71. The molecule has 2 rings (SSSR count). The van der Waals surface area contributed by atoms with Crippen LogP contribution in [0.25, 0.3) is 0 Å². The first-order chi connectivity index (χ1) is 11.1. The highest BCUT2D eigenvalue weighted by Crippen LogP contribution is 2.30. The molecule has 23 heavy (non-hydrogen) atoms. The van der Waals surface area contributed by atoms with E-state index in [1.807, 2.05) is 0 Å². The number of ether oxygens (including phenoxy) is 4. The van der Waals surface area contributed by atoms with E-state index in [9.17, 15) is 9.59 Å². The molecule has 0 atom stereocenters. The van der Waals surface area contributed by atoms with Crippen molar-refractivity contribution in [3.8, 4) is 17.2 Å². The molecule has 0 aliphatic rings. The summed E-state index contributed by atoms with van der Waals surface area (Å²) in [7, 11) is 4.05. The standard InChI is InChI=1S/C17H16O6/c1-20-12-8-11(16(18)21-2)9-13(10-12)23-15-7-5-4-6-14(15)17(19)22-3/h4-10H,1-3H3.